The minimum Gasteiger partial charge on any atom is -0.497 e. The Morgan fingerprint density at radius 2 is 2.17 bits per heavy atom. The molecule has 96 valence electrons. The van der Waals surface area contributed by atoms with E-state index in [-0.39, 0.29) is 4.87 Å². The maximum atomic E-state index is 11.5. The van der Waals surface area contributed by atoms with Crippen LogP contribution in [0.5, 0.6) is 5.75 Å². The van der Waals surface area contributed by atoms with E-state index in [1.165, 1.54) is 11.3 Å². The number of nitrogens with zero attached hydrogens (tertiary/aromatic N) is 1. The van der Waals surface area contributed by atoms with E-state index in [2.05, 4.69) is 4.98 Å². The number of rotatable bonds is 4. The molecule has 1 heterocycles. The second-order valence-corrected chi connectivity index (χ2v) is 5.35. The van der Waals surface area contributed by atoms with Gasteiger partial charge in [0, 0.05) is 17.0 Å². The van der Waals surface area contributed by atoms with Crippen LogP contribution in [0.4, 0.5) is 0 Å². The number of methoxy groups -OCH3 is 1. The topological polar surface area (TPSA) is 45.3 Å². The minimum absolute atomic E-state index is 0.0235. The summed E-state index contributed by atoms with van der Waals surface area (Å²) in [7, 11) is 5.61. The van der Waals surface area contributed by atoms with Crippen LogP contribution in [0, 0.1) is 0 Å². The molecule has 2 rings (SSSR count). The van der Waals surface area contributed by atoms with Gasteiger partial charge in [-0.25, -0.2) is 0 Å². The highest BCUT2D eigenvalue weighted by Gasteiger charge is 2.11. The monoisotopic (exact) mass is 264 g/mol. The Balaban J connectivity index is 2.45. The van der Waals surface area contributed by atoms with Gasteiger partial charge in [-0.1, -0.05) is 23.5 Å². The third kappa shape index (κ3) is 2.80. The number of benzene rings is 1. The molecular formula is C13H16N2O2S. The average Bonchev–Trinajstić information content (AvgIpc) is 2.69. The van der Waals surface area contributed by atoms with E-state index in [4.69, 9.17) is 4.74 Å². The van der Waals surface area contributed by atoms with Crippen molar-refractivity contribution in [1.29, 1.82) is 0 Å². The molecule has 0 aliphatic carbocycles. The van der Waals surface area contributed by atoms with E-state index in [1.807, 2.05) is 43.3 Å². The van der Waals surface area contributed by atoms with E-state index in [0.29, 0.717) is 0 Å². The largest absolute Gasteiger partial charge is 0.497 e. The van der Waals surface area contributed by atoms with E-state index in [9.17, 15) is 4.79 Å². The molecule has 1 aromatic carbocycles. The lowest BCUT2D eigenvalue weighted by molar-refractivity contribution is 0.406. The van der Waals surface area contributed by atoms with E-state index in [0.717, 1.165) is 28.4 Å². The van der Waals surface area contributed by atoms with Crippen LogP contribution >= 0.6 is 11.3 Å². The molecular weight excluding hydrogens is 248 g/mol. The predicted molar refractivity (Wildman–Crippen MR) is 74.3 cm³/mol. The van der Waals surface area contributed by atoms with Gasteiger partial charge >= 0.3 is 4.87 Å². The van der Waals surface area contributed by atoms with E-state index < -0.39 is 0 Å². The molecule has 1 aromatic heterocycles. The zero-order chi connectivity index (χ0) is 13.1. The van der Waals surface area contributed by atoms with Gasteiger partial charge in [-0.15, -0.1) is 0 Å². The van der Waals surface area contributed by atoms with Crippen LogP contribution in [0.3, 0.4) is 0 Å². The standard InChI is InChI=1S/C13H16N2O2S/c1-15(2)8-11-12(14-13(16)18-11)9-5-4-6-10(7-9)17-3/h4-7H,8H2,1-3H3,(H,14,16). The fraction of sp³-hybridized carbons (Fsp3) is 0.308. The first-order valence-corrected chi connectivity index (χ1v) is 6.43. The van der Waals surface area contributed by atoms with Crippen molar-refractivity contribution < 1.29 is 4.74 Å². The van der Waals surface area contributed by atoms with Crippen molar-refractivity contribution in [2.45, 2.75) is 6.54 Å². The fourth-order valence-electron chi connectivity index (χ4n) is 1.77. The molecule has 0 bridgehead atoms. The first-order valence-electron chi connectivity index (χ1n) is 5.61. The van der Waals surface area contributed by atoms with Crippen molar-refractivity contribution in [3.05, 3.63) is 38.8 Å². The van der Waals surface area contributed by atoms with E-state index in [1.54, 1.807) is 7.11 Å². The van der Waals surface area contributed by atoms with Gasteiger partial charge in [0.15, 0.2) is 0 Å². The Kier molecular flexibility index (Phi) is 3.84. The first kappa shape index (κ1) is 12.9. The van der Waals surface area contributed by atoms with Crippen molar-refractivity contribution in [2.24, 2.45) is 0 Å². The highest BCUT2D eigenvalue weighted by molar-refractivity contribution is 7.09. The molecule has 0 amide bonds. The van der Waals surface area contributed by atoms with Crippen molar-refractivity contribution >= 4 is 11.3 Å². The molecule has 0 atom stereocenters. The zero-order valence-electron chi connectivity index (χ0n) is 10.7. The number of hydrogen-bond donors (Lipinski definition) is 1. The Morgan fingerprint density at radius 3 is 2.83 bits per heavy atom. The molecule has 0 radical (unpaired) electrons. The van der Waals surface area contributed by atoms with Crippen LogP contribution in [0.2, 0.25) is 0 Å². The maximum absolute atomic E-state index is 11.5. The van der Waals surface area contributed by atoms with Crippen LogP contribution in [-0.4, -0.2) is 31.1 Å². The quantitative estimate of drug-likeness (QED) is 0.920. The normalized spacial score (nSPS) is 10.9. The molecule has 0 aliphatic rings. The van der Waals surface area contributed by atoms with Gasteiger partial charge in [-0.2, -0.15) is 0 Å². The summed E-state index contributed by atoms with van der Waals surface area (Å²) < 4.78 is 5.21. The molecule has 0 fully saturated rings. The molecule has 1 N–H and O–H groups in total. The van der Waals surface area contributed by atoms with Crippen molar-refractivity contribution in [1.82, 2.24) is 9.88 Å². The SMILES string of the molecule is COc1cccc(-c2[nH]c(=O)sc2CN(C)C)c1. The van der Waals surface area contributed by atoms with E-state index >= 15 is 0 Å². The van der Waals surface area contributed by atoms with Crippen LogP contribution < -0.4 is 9.61 Å². The van der Waals surface area contributed by atoms with Crippen molar-refractivity contribution in [3.63, 3.8) is 0 Å². The van der Waals surface area contributed by atoms with Crippen molar-refractivity contribution in [2.75, 3.05) is 21.2 Å². The van der Waals surface area contributed by atoms with Gasteiger partial charge in [0.05, 0.1) is 12.8 Å². The third-order valence-corrected chi connectivity index (χ3v) is 3.41. The second kappa shape index (κ2) is 5.37. The lowest BCUT2D eigenvalue weighted by atomic mass is 10.1. The Labute approximate surface area is 110 Å². The summed E-state index contributed by atoms with van der Waals surface area (Å²) in [5.74, 6) is 0.787. The summed E-state index contributed by atoms with van der Waals surface area (Å²) in [6.45, 7) is 0.746. The second-order valence-electron chi connectivity index (χ2n) is 4.28. The Morgan fingerprint density at radius 1 is 1.39 bits per heavy atom. The molecule has 0 saturated carbocycles. The highest BCUT2D eigenvalue weighted by Crippen LogP contribution is 2.26. The zero-order valence-corrected chi connectivity index (χ0v) is 11.5. The third-order valence-electron chi connectivity index (χ3n) is 2.54. The number of hydrogen-bond acceptors (Lipinski definition) is 4. The smallest absolute Gasteiger partial charge is 0.305 e. The number of thiazole rings is 1. The molecule has 2 aromatic rings. The van der Waals surface area contributed by atoms with Crippen LogP contribution in [0.25, 0.3) is 11.3 Å². The molecule has 0 spiro atoms. The van der Waals surface area contributed by atoms with Crippen LogP contribution in [-0.2, 0) is 6.54 Å². The summed E-state index contributed by atoms with van der Waals surface area (Å²) in [6.07, 6.45) is 0. The van der Waals surface area contributed by atoms with Gasteiger partial charge in [0.25, 0.3) is 0 Å². The number of aromatic nitrogens is 1. The number of ether oxygens (including phenoxy) is 1. The number of H-pyrrole nitrogens is 1. The highest BCUT2D eigenvalue weighted by atomic mass is 32.1. The summed E-state index contributed by atoms with van der Waals surface area (Å²) in [5.41, 5.74) is 1.86. The molecule has 18 heavy (non-hydrogen) atoms. The Hall–Kier alpha value is -1.59. The maximum Gasteiger partial charge on any atom is 0.305 e. The minimum atomic E-state index is -0.0235. The van der Waals surface area contributed by atoms with Gasteiger partial charge in [-0.05, 0) is 26.2 Å². The van der Waals surface area contributed by atoms with Gasteiger partial charge in [-0.3, -0.25) is 4.79 Å². The summed E-state index contributed by atoms with van der Waals surface area (Å²) in [5, 5.41) is 0. The first-order chi connectivity index (χ1) is 8.60. The summed E-state index contributed by atoms with van der Waals surface area (Å²) in [4.78, 5) is 17.5. The van der Waals surface area contributed by atoms with Gasteiger partial charge < -0.3 is 14.6 Å². The number of aromatic amines is 1. The van der Waals surface area contributed by atoms with Crippen molar-refractivity contribution in [3.8, 4) is 17.0 Å². The van der Waals surface area contributed by atoms with Crippen LogP contribution in [0.1, 0.15) is 4.88 Å². The molecule has 5 heteroatoms. The molecule has 0 saturated heterocycles. The molecule has 4 nitrogen and oxygen atoms in total. The average molecular weight is 264 g/mol. The molecule has 0 aliphatic heterocycles. The lowest BCUT2D eigenvalue weighted by Gasteiger charge is -2.10. The summed E-state index contributed by atoms with van der Waals surface area (Å²) in [6, 6.07) is 7.71. The Bertz CT molecular complexity index is 587. The lowest BCUT2D eigenvalue weighted by Crippen LogP contribution is -2.10. The van der Waals surface area contributed by atoms with Gasteiger partial charge in [0.1, 0.15) is 5.75 Å². The summed E-state index contributed by atoms with van der Waals surface area (Å²) >= 11 is 1.26. The predicted octanol–water partition coefficient (Wildman–Crippen LogP) is 2.17. The molecule has 0 unspecified atom stereocenters. The number of nitrogens with one attached hydrogen (secondary N) is 1. The fourth-order valence-corrected chi connectivity index (χ4v) is 2.74. The van der Waals surface area contributed by atoms with Gasteiger partial charge in [0.2, 0.25) is 0 Å². The van der Waals surface area contributed by atoms with Crippen LogP contribution in [0.15, 0.2) is 29.1 Å².